The monoisotopic (exact) mass is 511 g/mol. The molecule has 3 aliphatic heterocycles. The summed E-state index contributed by atoms with van der Waals surface area (Å²) in [5.41, 5.74) is 7.77. The van der Waals surface area contributed by atoms with Gasteiger partial charge in [-0.3, -0.25) is 14.6 Å². The zero-order chi connectivity index (χ0) is 26.2. The second kappa shape index (κ2) is 10.5. The molecule has 4 heterocycles. The van der Waals surface area contributed by atoms with E-state index in [0.29, 0.717) is 13.1 Å². The van der Waals surface area contributed by atoms with E-state index in [4.69, 9.17) is 5.73 Å². The van der Waals surface area contributed by atoms with E-state index in [9.17, 15) is 9.90 Å². The van der Waals surface area contributed by atoms with Crippen LogP contribution < -0.4 is 21.3 Å². The summed E-state index contributed by atoms with van der Waals surface area (Å²) in [5.74, 6) is -0.877. The van der Waals surface area contributed by atoms with Gasteiger partial charge in [0, 0.05) is 37.9 Å². The van der Waals surface area contributed by atoms with Crippen molar-refractivity contribution in [1.29, 1.82) is 0 Å². The van der Waals surface area contributed by atoms with Crippen LogP contribution in [0.4, 0.5) is 21.7 Å². The van der Waals surface area contributed by atoms with E-state index >= 15 is 4.39 Å². The lowest BCUT2D eigenvalue weighted by Crippen LogP contribution is -2.51. The SMILES string of the molecule is CN1CCN(C2CCCN(c3nc(Nc4ccc(C5(C)CCNCC5)cc4)c(C(N)=O)cc3F)C2)C1O. The molecule has 2 unspecified atom stereocenters. The van der Waals surface area contributed by atoms with Crippen molar-refractivity contribution in [3.8, 4) is 0 Å². The number of aliphatic hydroxyl groups excluding tert-OH is 1. The smallest absolute Gasteiger partial charge is 0.252 e. The van der Waals surface area contributed by atoms with Crippen LogP contribution in [0.3, 0.4) is 0 Å². The van der Waals surface area contributed by atoms with Crippen LogP contribution in [0.1, 0.15) is 48.5 Å². The Labute approximate surface area is 217 Å². The van der Waals surface area contributed by atoms with Gasteiger partial charge in [0.05, 0.1) is 5.56 Å². The Kier molecular flexibility index (Phi) is 7.35. The third kappa shape index (κ3) is 5.29. The third-order valence-electron chi connectivity index (χ3n) is 8.34. The number of carbonyl (C=O) groups excluding carboxylic acids is 1. The van der Waals surface area contributed by atoms with Crippen LogP contribution >= 0.6 is 0 Å². The molecule has 0 radical (unpaired) electrons. The van der Waals surface area contributed by atoms with Crippen LogP contribution in [0, 0.1) is 5.82 Å². The Bertz CT molecular complexity index is 1120. The fourth-order valence-electron chi connectivity index (χ4n) is 5.89. The van der Waals surface area contributed by atoms with E-state index in [1.165, 1.54) is 11.6 Å². The van der Waals surface area contributed by atoms with Gasteiger partial charge in [-0.25, -0.2) is 9.37 Å². The van der Waals surface area contributed by atoms with Gasteiger partial charge in [-0.05, 0) is 75.0 Å². The number of nitrogens with zero attached hydrogens (tertiary/aromatic N) is 4. The molecule has 5 N–H and O–H groups in total. The van der Waals surface area contributed by atoms with Gasteiger partial charge in [0.2, 0.25) is 0 Å². The van der Waals surface area contributed by atoms with Crippen molar-refractivity contribution in [1.82, 2.24) is 20.1 Å². The second-order valence-corrected chi connectivity index (χ2v) is 10.9. The average Bonchev–Trinajstić information content (AvgIpc) is 3.23. The molecule has 200 valence electrons. The quantitative estimate of drug-likeness (QED) is 0.467. The zero-order valence-electron chi connectivity index (χ0n) is 21.7. The van der Waals surface area contributed by atoms with Crippen molar-refractivity contribution in [2.45, 2.75) is 50.4 Å². The number of amides is 1. The lowest BCUT2D eigenvalue weighted by Gasteiger charge is -2.39. The molecule has 0 aliphatic carbocycles. The van der Waals surface area contributed by atoms with Gasteiger partial charge in [0.15, 0.2) is 18.0 Å². The maximum atomic E-state index is 15.2. The molecule has 3 aliphatic rings. The van der Waals surface area contributed by atoms with E-state index < -0.39 is 18.1 Å². The molecule has 5 rings (SSSR count). The van der Waals surface area contributed by atoms with Crippen molar-refractivity contribution in [2.24, 2.45) is 5.73 Å². The fourth-order valence-corrected chi connectivity index (χ4v) is 5.89. The number of nitrogens with two attached hydrogens (primary N) is 1. The van der Waals surface area contributed by atoms with Crippen LogP contribution in [0.15, 0.2) is 30.3 Å². The molecule has 1 aromatic heterocycles. The Balaban J connectivity index is 1.38. The van der Waals surface area contributed by atoms with Crippen molar-refractivity contribution in [3.63, 3.8) is 0 Å². The highest BCUT2D eigenvalue weighted by molar-refractivity contribution is 5.98. The largest absolute Gasteiger partial charge is 0.365 e. The number of halogens is 1. The van der Waals surface area contributed by atoms with Gasteiger partial charge in [0.1, 0.15) is 5.82 Å². The predicted octanol–water partition coefficient (Wildman–Crippen LogP) is 2.20. The van der Waals surface area contributed by atoms with E-state index in [1.807, 2.05) is 29.0 Å². The van der Waals surface area contributed by atoms with Crippen LogP contribution in [-0.4, -0.2) is 84.5 Å². The van der Waals surface area contributed by atoms with Gasteiger partial charge in [-0.15, -0.1) is 0 Å². The van der Waals surface area contributed by atoms with Crippen LogP contribution in [0.2, 0.25) is 0 Å². The number of carbonyl (C=O) groups is 1. The number of aromatic nitrogens is 1. The highest BCUT2D eigenvalue weighted by Crippen LogP contribution is 2.34. The number of aliphatic hydroxyl groups is 1. The summed E-state index contributed by atoms with van der Waals surface area (Å²) in [4.78, 5) is 22.6. The van der Waals surface area contributed by atoms with Gasteiger partial charge < -0.3 is 26.4 Å². The summed E-state index contributed by atoms with van der Waals surface area (Å²) in [6.45, 7) is 7.06. The third-order valence-corrected chi connectivity index (χ3v) is 8.34. The highest BCUT2D eigenvalue weighted by atomic mass is 19.1. The molecular weight excluding hydrogens is 473 g/mol. The number of nitrogens with one attached hydrogen (secondary N) is 2. The summed E-state index contributed by atoms with van der Waals surface area (Å²) in [7, 11) is 1.90. The number of rotatable bonds is 6. The number of likely N-dealkylation sites (N-methyl/N-ethyl adjacent to an activating group) is 1. The predicted molar refractivity (Wildman–Crippen MR) is 142 cm³/mol. The number of hydrogen-bond acceptors (Lipinski definition) is 8. The number of benzene rings is 1. The standard InChI is InChI=1S/C27H38FN7O2/c1-27(9-11-30-12-10-27)18-5-7-19(8-6-18)31-24-21(23(29)36)16-22(28)25(32-24)34-13-3-4-20(17-34)35-15-14-33(2)26(35)37/h5-8,16,20,26,30,37H,3-4,9-15,17H2,1-2H3,(H2,29,36)(H,31,32). The van der Waals surface area contributed by atoms with Crippen LogP contribution in [-0.2, 0) is 5.41 Å². The van der Waals surface area contributed by atoms with Crippen LogP contribution in [0.25, 0.3) is 0 Å². The van der Waals surface area contributed by atoms with Crippen molar-refractivity contribution in [2.75, 3.05) is 56.5 Å². The second-order valence-electron chi connectivity index (χ2n) is 10.9. The molecule has 0 spiro atoms. The molecule has 2 atom stereocenters. The van der Waals surface area contributed by atoms with Gasteiger partial charge in [-0.1, -0.05) is 19.1 Å². The molecule has 10 heteroatoms. The summed E-state index contributed by atoms with van der Waals surface area (Å²) < 4.78 is 15.2. The average molecular weight is 512 g/mol. The molecule has 0 bridgehead atoms. The summed E-state index contributed by atoms with van der Waals surface area (Å²) in [5, 5.41) is 17.1. The Morgan fingerprint density at radius 3 is 2.59 bits per heavy atom. The molecule has 0 saturated carbocycles. The molecule has 1 aromatic carbocycles. The fraction of sp³-hybridized carbons (Fsp3) is 0.556. The van der Waals surface area contributed by atoms with E-state index in [2.05, 4.69) is 39.6 Å². The molecule has 1 amide bonds. The maximum absolute atomic E-state index is 15.2. The first kappa shape index (κ1) is 25.8. The van der Waals surface area contributed by atoms with Gasteiger partial charge in [0.25, 0.3) is 5.91 Å². The Morgan fingerprint density at radius 2 is 1.95 bits per heavy atom. The Hall–Kier alpha value is -2.79. The Morgan fingerprint density at radius 1 is 1.22 bits per heavy atom. The normalized spacial score (nSPS) is 24.8. The minimum absolute atomic E-state index is 0.0146. The summed E-state index contributed by atoms with van der Waals surface area (Å²) in [6.07, 6.45) is 3.31. The van der Waals surface area contributed by atoms with Crippen molar-refractivity contribution < 1.29 is 14.3 Å². The van der Waals surface area contributed by atoms with Gasteiger partial charge in [-0.2, -0.15) is 0 Å². The maximum Gasteiger partial charge on any atom is 0.252 e. The molecular formula is C27H38FN7O2. The lowest BCUT2D eigenvalue weighted by molar-refractivity contribution is -0.0669. The molecule has 3 fully saturated rings. The minimum atomic E-state index is -0.737. The molecule has 2 aromatic rings. The van der Waals surface area contributed by atoms with Crippen molar-refractivity contribution in [3.05, 3.63) is 47.3 Å². The number of pyridine rings is 1. The summed E-state index contributed by atoms with van der Waals surface area (Å²) in [6, 6.07) is 9.43. The van der Waals surface area contributed by atoms with E-state index in [0.717, 1.165) is 57.5 Å². The van der Waals surface area contributed by atoms with E-state index in [-0.39, 0.29) is 28.7 Å². The van der Waals surface area contributed by atoms with Crippen molar-refractivity contribution >= 4 is 23.2 Å². The van der Waals surface area contributed by atoms with Crippen LogP contribution in [0.5, 0.6) is 0 Å². The number of hydrogen-bond donors (Lipinski definition) is 4. The first-order valence-electron chi connectivity index (χ1n) is 13.2. The topological polar surface area (TPSA) is 110 Å². The number of anilines is 3. The first-order chi connectivity index (χ1) is 17.7. The van der Waals surface area contributed by atoms with Gasteiger partial charge >= 0.3 is 0 Å². The zero-order valence-corrected chi connectivity index (χ0v) is 21.7. The molecule has 3 saturated heterocycles. The minimum Gasteiger partial charge on any atom is -0.365 e. The number of piperidine rings is 2. The van der Waals surface area contributed by atoms with E-state index in [1.54, 1.807) is 0 Å². The highest BCUT2D eigenvalue weighted by Gasteiger charge is 2.36. The molecule has 37 heavy (non-hydrogen) atoms. The first-order valence-corrected chi connectivity index (χ1v) is 13.2. The summed E-state index contributed by atoms with van der Waals surface area (Å²) >= 11 is 0. The lowest BCUT2D eigenvalue weighted by atomic mass is 9.75. The molecule has 9 nitrogen and oxygen atoms in total. The number of primary amides is 1.